The van der Waals surface area contributed by atoms with Crippen molar-refractivity contribution in [3.05, 3.63) is 24.2 Å². The highest BCUT2D eigenvalue weighted by molar-refractivity contribution is 5.79. The van der Waals surface area contributed by atoms with Gasteiger partial charge in [-0.1, -0.05) is 6.42 Å². The number of aliphatic imine (C=N–C) groups is 1. The predicted molar refractivity (Wildman–Crippen MR) is 104 cm³/mol. The summed E-state index contributed by atoms with van der Waals surface area (Å²) in [6.07, 6.45) is 9.34. The van der Waals surface area contributed by atoms with Gasteiger partial charge >= 0.3 is 0 Å². The van der Waals surface area contributed by atoms with Gasteiger partial charge in [-0.3, -0.25) is 9.89 Å². The molecule has 2 fully saturated rings. The number of rotatable bonds is 10. The SMILES string of the molecule is CN=C(NCCCOCC1CC1)NCC(c1ccco1)N1CCCCC1. The van der Waals surface area contributed by atoms with Gasteiger partial charge in [-0.25, -0.2) is 0 Å². The minimum Gasteiger partial charge on any atom is -0.468 e. The molecule has 146 valence electrons. The second-order valence-corrected chi connectivity index (χ2v) is 7.38. The van der Waals surface area contributed by atoms with Gasteiger partial charge in [-0.2, -0.15) is 0 Å². The second-order valence-electron chi connectivity index (χ2n) is 7.38. The quantitative estimate of drug-likeness (QED) is 0.381. The van der Waals surface area contributed by atoms with Crippen molar-refractivity contribution in [1.82, 2.24) is 15.5 Å². The number of piperidine rings is 1. The molecule has 0 amide bonds. The highest BCUT2D eigenvalue weighted by Gasteiger charge is 2.24. The number of nitrogens with zero attached hydrogens (tertiary/aromatic N) is 2. The summed E-state index contributed by atoms with van der Waals surface area (Å²) in [6.45, 7) is 5.70. The normalized spacial score (nSPS) is 20.1. The van der Waals surface area contributed by atoms with E-state index in [9.17, 15) is 0 Å². The maximum absolute atomic E-state index is 5.71. The predicted octanol–water partition coefficient (Wildman–Crippen LogP) is 2.79. The molecule has 26 heavy (non-hydrogen) atoms. The lowest BCUT2D eigenvalue weighted by Gasteiger charge is -2.33. The van der Waals surface area contributed by atoms with Crippen molar-refractivity contribution >= 4 is 5.96 Å². The molecule has 2 N–H and O–H groups in total. The first kappa shape index (κ1) is 19.2. The van der Waals surface area contributed by atoms with Crippen LogP contribution in [0.25, 0.3) is 0 Å². The van der Waals surface area contributed by atoms with Crippen molar-refractivity contribution in [3.63, 3.8) is 0 Å². The van der Waals surface area contributed by atoms with Gasteiger partial charge in [0.15, 0.2) is 5.96 Å². The van der Waals surface area contributed by atoms with Gasteiger partial charge in [0.05, 0.1) is 12.3 Å². The molecular weight excluding hydrogens is 328 g/mol. The van der Waals surface area contributed by atoms with E-state index in [1.807, 2.05) is 13.1 Å². The summed E-state index contributed by atoms with van der Waals surface area (Å²) in [5.41, 5.74) is 0. The summed E-state index contributed by atoms with van der Waals surface area (Å²) in [7, 11) is 1.82. The van der Waals surface area contributed by atoms with Crippen LogP contribution in [-0.2, 0) is 4.74 Å². The van der Waals surface area contributed by atoms with Crippen LogP contribution in [0, 0.1) is 5.92 Å². The minimum atomic E-state index is 0.255. The molecule has 3 rings (SSSR count). The maximum Gasteiger partial charge on any atom is 0.191 e. The van der Waals surface area contributed by atoms with Crippen LogP contribution in [0.2, 0.25) is 0 Å². The van der Waals surface area contributed by atoms with E-state index < -0.39 is 0 Å². The molecule has 1 aliphatic carbocycles. The van der Waals surface area contributed by atoms with Crippen molar-refractivity contribution in [3.8, 4) is 0 Å². The van der Waals surface area contributed by atoms with Crippen LogP contribution in [0.4, 0.5) is 0 Å². The Morgan fingerprint density at radius 3 is 2.85 bits per heavy atom. The Balaban J connectivity index is 1.39. The van der Waals surface area contributed by atoms with E-state index >= 15 is 0 Å². The molecule has 1 aliphatic heterocycles. The average molecular weight is 363 g/mol. The topological polar surface area (TPSA) is 62.0 Å². The van der Waals surface area contributed by atoms with Crippen LogP contribution in [0.3, 0.4) is 0 Å². The largest absolute Gasteiger partial charge is 0.468 e. The number of nitrogens with one attached hydrogen (secondary N) is 2. The lowest BCUT2D eigenvalue weighted by Crippen LogP contribution is -2.44. The minimum absolute atomic E-state index is 0.255. The van der Waals surface area contributed by atoms with Crippen molar-refractivity contribution in [2.24, 2.45) is 10.9 Å². The van der Waals surface area contributed by atoms with Gasteiger partial charge in [0.25, 0.3) is 0 Å². The van der Waals surface area contributed by atoms with E-state index in [0.29, 0.717) is 0 Å². The number of ether oxygens (including phenoxy) is 1. The zero-order valence-electron chi connectivity index (χ0n) is 16.1. The summed E-state index contributed by atoms with van der Waals surface area (Å²) < 4.78 is 11.4. The molecule has 0 bridgehead atoms. The third-order valence-electron chi connectivity index (χ3n) is 5.20. The van der Waals surface area contributed by atoms with Crippen LogP contribution in [0.1, 0.15) is 50.3 Å². The Morgan fingerprint density at radius 2 is 2.15 bits per heavy atom. The molecule has 1 aromatic heterocycles. The fourth-order valence-corrected chi connectivity index (χ4v) is 3.45. The summed E-state index contributed by atoms with van der Waals surface area (Å²) in [4.78, 5) is 6.87. The monoisotopic (exact) mass is 362 g/mol. The van der Waals surface area contributed by atoms with Crippen LogP contribution >= 0.6 is 0 Å². The van der Waals surface area contributed by atoms with Crippen molar-refractivity contribution in [1.29, 1.82) is 0 Å². The first-order valence-corrected chi connectivity index (χ1v) is 10.2. The number of guanidine groups is 1. The Labute approximate surface area is 157 Å². The molecule has 2 aliphatic rings. The molecular formula is C20H34N4O2. The summed E-state index contributed by atoms with van der Waals surface area (Å²) >= 11 is 0. The first-order chi connectivity index (χ1) is 12.9. The first-order valence-electron chi connectivity index (χ1n) is 10.2. The zero-order chi connectivity index (χ0) is 18.0. The molecule has 1 atom stereocenters. The molecule has 1 saturated carbocycles. The number of hydrogen-bond donors (Lipinski definition) is 2. The van der Waals surface area contributed by atoms with Crippen LogP contribution in [0.15, 0.2) is 27.8 Å². The molecule has 2 heterocycles. The second kappa shape index (κ2) is 10.6. The molecule has 0 spiro atoms. The average Bonchev–Trinajstić information content (AvgIpc) is 3.35. The van der Waals surface area contributed by atoms with E-state index in [1.165, 1.54) is 32.1 Å². The van der Waals surface area contributed by atoms with Gasteiger partial charge in [0, 0.05) is 33.4 Å². The lowest BCUT2D eigenvalue weighted by molar-refractivity contribution is 0.123. The zero-order valence-corrected chi connectivity index (χ0v) is 16.1. The maximum atomic E-state index is 5.71. The Morgan fingerprint density at radius 1 is 1.31 bits per heavy atom. The summed E-state index contributed by atoms with van der Waals surface area (Å²) in [5.74, 6) is 2.72. The molecule has 0 radical (unpaired) electrons. The van der Waals surface area contributed by atoms with E-state index in [0.717, 1.165) is 63.5 Å². The number of likely N-dealkylation sites (tertiary alicyclic amines) is 1. The van der Waals surface area contributed by atoms with Crippen molar-refractivity contribution < 1.29 is 9.15 Å². The Hall–Kier alpha value is -1.53. The Kier molecular flexibility index (Phi) is 7.83. The molecule has 0 aromatic carbocycles. The summed E-state index contributed by atoms with van der Waals surface area (Å²) in [5, 5.41) is 6.86. The highest BCUT2D eigenvalue weighted by Crippen LogP contribution is 2.28. The van der Waals surface area contributed by atoms with Gasteiger partial charge in [0.1, 0.15) is 5.76 Å². The van der Waals surface area contributed by atoms with Gasteiger partial charge in [0.2, 0.25) is 0 Å². The van der Waals surface area contributed by atoms with Gasteiger partial charge < -0.3 is 19.8 Å². The highest BCUT2D eigenvalue weighted by atomic mass is 16.5. The lowest BCUT2D eigenvalue weighted by atomic mass is 10.1. The van der Waals surface area contributed by atoms with Gasteiger partial charge in [-0.15, -0.1) is 0 Å². The van der Waals surface area contributed by atoms with Crippen LogP contribution < -0.4 is 10.6 Å². The Bertz CT molecular complexity index is 522. The van der Waals surface area contributed by atoms with Crippen LogP contribution in [0.5, 0.6) is 0 Å². The summed E-state index contributed by atoms with van der Waals surface area (Å²) in [6, 6.07) is 4.31. The number of hydrogen-bond acceptors (Lipinski definition) is 4. The van der Waals surface area contributed by atoms with E-state index in [4.69, 9.17) is 9.15 Å². The van der Waals surface area contributed by atoms with E-state index in [2.05, 4.69) is 26.6 Å². The molecule has 6 nitrogen and oxygen atoms in total. The van der Waals surface area contributed by atoms with Gasteiger partial charge in [-0.05, 0) is 63.2 Å². The third-order valence-corrected chi connectivity index (χ3v) is 5.20. The fraction of sp³-hybridized carbons (Fsp3) is 0.750. The molecule has 6 heteroatoms. The third kappa shape index (κ3) is 6.32. The van der Waals surface area contributed by atoms with E-state index in [1.54, 1.807) is 6.26 Å². The molecule has 1 aromatic rings. The smallest absolute Gasteiger partial charge is 0.191 e. The van der Waals surface area contributed by atoms with Crippen molar-refractivity contribution in [2.45, 2.75) is 44.6 Å². The van der Waals surface area contributed by atoms with Crippen LogP contribution in [-0.4, -0.2) is 57.3 Å². The number of furan rings is 1. The molecule has 1 saturated heterocycles. The fourth-order valence-electron chi connectivity index (χ4n) is 3.45. The van der Waals surface area contributed by atoms with Crippen molar-refractivity contribution in [2.75, 3.05) is 46.4 Å². The standard InChI is InChI=1S/C20H34N4O2/c1-21-20(22-10-6-13-25-16-17-8-9-17)23-15-18(19-7-5-14-26-19)24-11-3-2-4-12-24/h5,7,14,17-18H,2-4,6,8-13,15-16H2,1H3,(H2,21,22,23). The van der Waals surface area contributed by atoms with E-state index in [-0.39, 0.29) is 6.04 Å². The molecule has 1 unspecified atom stereocenters.